The van der Waals surface area contributed by atoms with Crippen molar-refractivity contribution in [2.24, 2.45) is 0 Å². The Balaban J connectivity index is 1.18. The monoisotopic (exact) mass is 795 g/mol. The van der Waals surface area contributed by atoms with Gasteiger partial charge in [-0.2, -0.15) is 5.10 Å². The van der Waals surface area contributed by atoms with Gasteiger partial charge in [-0.1, -0.05) is 191 Å². The number of hydrogen-bond acceptors (Lipinski definition) is 2. The molecule has 0 bridgehead atoms. The lowest BCUT2D eigenvalue weighted by Gasteiger charge is -2.30. The summed E-state index contributed by atoms with van der Waals surface area (Å²) in [5.74, 6) is 0. The average Bonchev–Trinajstić information content (AvgIpc) is 3.91. The molecule has 0 saturated carbocycles. The molecular weight excluding hydrogens is 751 g/mol. The molecule has 0 radical (unpaired) electrons. The molecule has 12 rings (SSSR count). The lowest BCUT2D eigenvalue weighted by atomic mass is 9.82. The van der Waals surface area contributed by atoms with E-state index in [-0.39, 0.29) is 10.8 Å². The summed E-state index contributed by atoms with van der Waals surface area (Å²) in [5, 5.41) is 7.84. The predicted molar refractivity (Wildman–Crippen MR) is 259 cm³/mol. The van der Waals surface area contributed by atoms with Crippen molar-refractivity contribution in [2.75, 3.05) is 4.90 Å². The van der Waals surface area contributed by atoms with Crippen molar-refractivity contribution >= 4 is 33.4 Å². The minimum atomic E-state index is -0.153. The van der Waals surface area contributed by atoms with Crippen LogP contribution in [0.2, 0.25) is 0 Å². The molecule has 62 heavy (non-hydrogen) atoms. The maximum absolute atomic E-state index is 5.54. The Morgan fingerprint density at radius 1 is 0.419 bits per heavy atom. The van der Waals surface area contributed by atoms with E-state index in [9.17, 15) is 0 Å². The molecule has 2 heterocycles. The van der Waals surface area contributed by atoms with Crippen LogP contribution in [0.1, 0.15) is 49.9 Å². The molecule has 10 aromatic rings. The highest BCUT2D eigenvalue weighted by Gasteiger charge is 2.39. The number of anilines is 3. The Morgan fingerprint density at radius 2 is 0.968 bits per heavy atom. The fourth-order valence-electron chi connectivity index (χ4n) is 10.7. The van der Waals surface area contributed by atoms with Crippen molar-refractivity contribution in [2.45, 2.75) is 38.5 Å². The molecule has 0 unspecified atom stereocenters. The summed E-state index contributed by atoms with van der Waals surface area (Å²) in [6, 6.07) is 73.5. The third-order valence-electron chi connectivity index (χ3n) is 13.8. The summed E-state index contributed by atoms with van der Waals surface area (Å²) in [6.07, 6.45) is 0. The standard InChI is InChI=1S/C59H45N3/c1-58(2)49-28-17-15-26-46(49)55-50(58)29-18-30-52(55)61(43-33-34-45-44-25-14-16-27-48(44)59(3,4)51(45)37-43)42-32-31-41-35-53(38-19-8-5-9-20-38)62-57(47(41)36-42)54(39-21-10-6-11-22-39)56(60-62)40-23-12-7-13-24-40/h5-37H,1-4H3. The van der Waals surface area contributed by atoms with Gasteiger partial charge in [0.05, 0.1) is 16.9 Å². The zero-order chi connectivity index (χ0) is 41.7. The Kier molecular flexibility index (Phi) is 7.92. The molecule has 0 N–H and O–H groups in total. The molecule has 0 aliphatic heterocycles. The zero-order valence-electron chi connectivity index (χ0n) is 35.4. The Hall–Kier alpha value is -7.49. The van der Waals surface area contributed by atoms with Gasteiger partial charge in [-0.15, -0.1) is 0 Å². The van der Waals surface area contributed by atoms with Gasteiger partial charge in [0.15, 0.2) is 0 Å². The van der Waals surface area contributed by atoms with E-state index in [2.05, 4.69) is 237 Å². The summed E-state index contributed by atoms with van der Waals surface area (Å²) in [6.45, 7) is 9.48. The third kappa shape index (κ3) is 5.28. The van der Waals surface area contributed by atoms with E-state index in [1.54, 1.807) is 0 Å². The van der Waals surface area contributed by atoms with Crippen LogP contribution in [0.3, 0.4) is 0 Å². The topological polar surface area (TPSA) is 20.5 Å². The third-order valence-corrected chi connectivity index (χ3v) is 13.8. The minimum absolute atomic E-state index is 0.144. The highest BCUT2D eigenvalue weighted by Crippen LogP contribution is 2.56. The molecule has 0 saturated heterocycles. The fourth-order valence-corrected chi connectivity index (χ4v) is 10.7. The van der Waals surface area contributed by atoms with Crippen LogP contribution in [0.5, 0.6) is 0 Å². The first-order valence-electron chi connectivity index (χ1n) is 21.7. The van der Waals surface area contributed by atoms with Gasteiger partial charge in [-0.25, -0.2) is 4.52 Å². The minimum Gasteiger partial charge on any atom is -0.310 e. The van der Waals surface area contributed by atoms with E-state index in [4.69, 9.17) is 5.10 Å². The molecule has 3 heteroatoms. The number of pyridine rings is 1. The number of rotatable bonds is 6. The van der Waals surface area contributed by atoms with Gasteiger partial charge in [0.1, 0.15) is 5.69 Å². The van der Waals surface area contributed by atoms with Crippen LogP contribution in [0.15, 0.2) is 200 Å². The highest BCUT2D eigenvalue weighted by molar-refractivity contribution is 6.10. The van der Waals surface area contributed by atoms with E-state index in [1.165, 1.54) is 50.2 Å². The van der Waals surface area contributed by atoms with Crippen LogP contribution < -0.4 is 4.90 Å². The van der Waals surface area contributed by atoms with E-state index in [0.717, 1.165) is 61.3 Å². The molecule has 0 amide bonds. The number of benzene rings is 8. The van der Waals surface area contributed by atoms with Crippen LogP contribution >= 0.6 is 0 Å². The molecule has 296 valence electrons. The van der Waals surface area contributed by atoms with Gasteiger partial charge >= 0.3 is 0 Å². The molecular formula is C59H45N3. The van der Waals surface area contributed by atoms with Gasteiger partial charge in [0.25, 0.3) is 0 Å². The first-order chi connectivity index (χ1) is 30.3. The first kappa shape index (κ1) is 36.4. The molecule has 0 atom stereocenters. The molecule has 2 aliphatic rings. The molecule has 0 spiro atoms. The van der Waals surface area contributed by atoms with E-state index in [0.29, 0.717) is 0 Å². The molecule has 0 fully saturated rings. The van der Waals surface area contributed by atoms with Gasteiger partial charge in [-0.05, 0) is 86.3 Å². The summed E-state index contributed by atoms with van der Waals surface area (Å²) in [7, 11) is 0. The van der Waals surface area contributed by atoms with E-state index >= 15 is 0 Å². The van der Waals surface area contributed by atoms with Crippen molar-refractivity contribution in [1.29, 1.82) is 0 Å². The fraction of sp³-hybridized carbons (Fsp3) is 0.102. The van der Waals surface area contributed by atoms with Gasteiger partial charge in [-0.3, -0.25) is 0 Å². The van der Waals surface area contributed by atoms with Gasteiger partial charge in [0.2, 0.25) is 0 Å². The molecule has 8 aromatic carbocycles. The first-order valence-corrected chi connectivity index (χ1v) is 21.7. The average molecular weight is 796 g/mol. The normalized spacial score (nSPS) is 14.1. The zero-order valence-corrected chi connectivity index (χ0v) is 35.4. The number of nitrogens with zero attached hydrogens (tertiary/aromatic N) is 3. The lowest BCUT2D eigenvalue weighted by Crippen LogP contribution is -2.17. The lowest BCUT2D eigenvalue weighted by molar-refractivity contribution is 0.660. The number of fused-ring (bicyclic) bond motifs is 9. The molecule has 3 nitrogen and oxygen atoms in total. The van der Waals surface area contributed by atoms with Crippen molar-refractivity contribution in [3.63, 3.8) is 0 Å². The van der Waals surface area contributed by atoms with E-state index < -0.39 is 0 Å². The van der Waals surface area contributed by atoms with Gasteiger partial charge in [0, 0.05) is 49.8 Å². The second kappa shape index (κ2) is 13.5. The maximum atomic E-state index is 5.54. The van der Waals surface area contributed by atoms with Crippen LogP contribution in [0, 0.1) is 0 Å². The Morgan fingerprint density at radius 3 is 1.69 bits per heavy atom. The SMILES string of the molecule is CC1(C)c2ccccc2-c2ccc(N(c3ccc4cc(-c5ccccc5)n5nc(-c6ccccc6)c(-c6ccccc6)c5c4c3)c3cccc4c3-c3ccccc3C4(C)C)cc21. The number of aromatic nitrogens is 2. The predicted octanol–water partition coefficient (Wildman–Crippen LogP) is 15.6. The number of hydrogen-bond donors (Lipinski definition) is 0. The van der Waals surface area contributed by atoms with Crippen LogP contribution in [-0.4, -0.2) is 9.61 Å². The Labute approximate surface area is 363 Å². The molecule has 2 aliphatic carbocycles. The van der Waals surface area contributed by atoms with E-state index in [1.807, 2.05) is 0 Å². The summed E-state index contributed by atoms with van der Waals surface area (Å²) < 4.78 is 2.20. The van der Waals surface area contributed by atoms with Crippen LogP contribution in [0.25, 0.3) is 72.2 Å². The van der Waals surface area contributed by atoms with Crippen molar-refractivity contribution in [3.8, 4) is 55.9 Å². The van der Waals surface area contributed by atoms with Crippen molar-refractivity contribution < 1.29 is 0 Å². The molecule has 2 aromatic heterocycles. The maximum Gasteiger partial charge on any atom is 0.101 e. The van der Waals surface area contributed by atoms with Crippen LogP contribution in [-0.2, 0) is 10.8 Å². The quantitative estimate of drug-likeness (QED) is 0.167. The second-order valence-corrected chi connectivity index (χ2v) is 18.0. The van der Waals surface area contributed by atoms with Crippen molar-refractivity contribution in [1.82, 2.24) is 9.61 Å². The largest absolute Gasteiger partial charge is 0.310 e. The smallest absolute Gasteiger partial charge is 0.101 e. The second-order valence-electron chi connectivity index (χ2n) is 18.0. The highest BCUT2D eigenvalue weighted by atomic mass is 15.2. The van der Waals surface area contributed by atoms with Crippen LogP contribution in [0.4, 0.5) is 17.1 Å². The summed E-state index contributed by atoms with van der Waals surface area (Å²) in [4.78, 5) is 2.52. The van der Waals surface area contributed by atoms with Crippen molar-refractivity contribution in [3.05, 3.63) is 222 Å². The Bertz CT molecular complexity index is 3390. The summed E-state index contributed by atoms with van der Waals surface area (Å²) in [5.41, 5.74) is 21.3. The van der Waals surface area contributed by atoms with Gasteiger partial charge < -0.3 is 4.90 Å². The summed E-state index contributed by atoms with van der Waals surface area (Å²) >= 11 is 0.